The third-order valence-electron chi connectivity index (χ3n) is 4.28. The van der Waals surface area contributed by atoms with Crippen molar-refractivity contribution in [3.05, 3.63) is 52.9 Å². The lowest BCUT2D eigenvalue weighted by Gasteiger charge is -2.12. The van der Waals surface area contributed by atoms with Crippen LogP contribution in [0.25, 0.3) is 11.0 Å². The normalized spacial score (nSPS) is 11.3. The van der Waals surface area contributed by atoms with Crippen LogP contribution in [0.4, 0.5) is 14.5 Å². The maximum absolute atomic E-state index is 15.0. The molecule has 2 N–H and O–H groups in total. The number of nitrogens with zero attached hydrogens (tertiary/aromatic N) is 2. The summed E-state index contributed by atoms with van der Waals surface area (Å²) in [6.45, 7) is 1.63. The van der Waals surface area contributed by atoms with E-state index in [0.29, 0.717) is 0 Å². The number of pyridine rings is 1. The molecule has 0 amide bonds. The number of aromatic nitrogens is 2. The van der Waals surface area contributed by atoms with Crippen LogP contribution in [0, 0.1) is 23.0 Å². The van der Waals surface area contributed by atoms with Crippen LogP contribution in [0.2, 0.25) is 0 Å². The molecule has 2 aromatic heterocycles. The quantitative estimate of drug-likeness (QED) is 0.551. The summed E-state index contributed by atoms with van der Waals surface area (Å²) in [5, 5.41) is 9.30. The molecule has 11 heteroatoms. The summed E-state index contributed by atoms with van der Waals surface area (Å²) in [4.78, 5) is 19.7. The van der Waals surface area contributed by atoms with E-state index in [0.717, 1.165) is 12.1 Å². The molecule has 0 saturated carbocycles. The van der Waals surface area contributed by atoms with Gasteiger partial charge in [0.2, 0.25) is 15.8 Å². The Morgan fingerprint density at radius 3 is 2.73 bits per heavy atom. The molecule has 0 radical (unpaired) electrons. The fraction of sp³-hybridized carbons (Fsp3) is 0.211. The van der Waals surface area contributed by atoms with Gasteiger partial charge >= 0.3 is 0 Å². The minimum absolute atomic E-state index is 0.0210. The molecule has 30 heavy (non-hydrogen) atoms. The van der Waals surface area contributed by atoms with Gasteiger partial charge in [-0.1, -0.05) is 6.92 Å². The summed E-state index contributed by atoms with van der Waals surface area (Å²) >= 11 is 0. The Bertz CT molecular complexity index is 1300. The first kappa shape index (κ1) is 21.2. The number of anilines is 1. The van der Waals surface area contributed by atoms with Crippen molar-refractivity contribution in [2.75, 3.05) is 17.6 Å². The molecule has 0 saturated heterocycles. The smallest absolute Gasteiger partial charge is 0.232 e. The first-order valence-electron chi connectivity index (χ1n) is 8.71. The van der Waals surface area contributed by atoms with E-state index in [2.05, 4.69) is 9.97 Å². The molecule has 0 aliphatic rings. The highest BCUT2D eigenvalue weighted by molar-refractivity contribution is 7.92. The number of methoxy groups -OCH3 is 1. The van der Waals surface area contributed by atoms with Gasteiger partial charge in [0, 0.05) is 6.20 Å². The number of ketones is 1. The van der Waals surface area contributed by atoms with Crippen LogP contribution in [0.15, 0.2) is 24.5 Å². The van der Waals surface area contributed by atoms with E-state index in [1.807, 2.05) is 10.8 Å². The highest BCUT2D eigenvalue weighted by atomic mass is 32.2. The monoisotopic (exact) mass is 434 g/mol. The predicted molar refractivity (Wildman–Crippen MR) is 105 cm³/mol. The van der Waals surface area contributed by atoms with Crippen LogP contribution in [-0.4, -0.2) is 37.0 Å². The molecule has 0 unspecified atom stereocenters. The van der Waals surface area contributed by atoms with Gasteiger partial charge in [0.15, 0.2) is 5.82 Å². The second-order valence-corrected chi connectivity index (χ2v) is 8.12. The van der Waals surface area contributed by atoms with E-state index >= 15 is 0 Å². The van der Waals surface area contributed by atoms with Crippen LogP contribution in [-0.2, 0) is 10.0 Å². The number of nitriles is 1. The molecule has 0 aliphatic carbocycles. The average Bonchev–Trinajstić information content (AvgIpc) is 3.13. The molecule has 3 rings (SSSR count). The van der Waals surface area contributed by atoms with Gasteiger partial charge in [-0.05, 0) is 18.6 Å². The summed E-state index contributed by atoms with van der Waals surface area (Å²) in [5.41, 5.74) is -1.47. The third-order valence-corrected chi connectivity index (χ3v) is 5.76. The Morgan fingerprint density at radius 2 is 2.10 bits per heavy atom. The van der Waals surface area contributed by atoms with Crippen molar-refractivity contribution < 1.29 is 26.7 Å². The topological polar surface area (TPSA) is 125 Å². The zero-order valence-electron chi connectivity index (χ0n) is 15.9. The lowest BCUT2D eigenvalue weighted by molar-refractivity contribution is 0.103. The molecular formula is C19H16F2N4O4S. The molecule has 3 aromatic rings. The van der Waals surface area contributed by atoms with Crippen LogP contribution in [0.3, 0.4) is 0 Å². The van der Waals surface area contributed by atoms with Crippen molar-refractivity contribution in [3.8, 4) is 11.8 Å². The summed E-state index contributed by atoms with van der Waals surface area (Å²) < 4.78 is 60.6. The molecule has 0 aliphatic heterocycles. The number of carbonyl (C=O) groups excluding carboxylic acids is 1. The minimum Gasteiger partial charge on any atom is -0.495 e. The number of ether oxygens (including phenoxy) is 1. The van der Waals surface area contributed by atoms with Crippen molar-refractivity contribution in [2.45, 2.75) is 13.3 Å². The molecule has 0 atom stereocenters. The van der Waals surface area contributed by atoms with Gasteiger partial charge in [0.05, 0.1) is 41.3 Å². The van der Waals surface area contributed by atoms with Gasteiger partial charge in [-0.2, -0.15) is 5.26 Å². The maximum atomic E-state index is 15.0. The zero-order chi connectivity index (χ0) is 22.1. The fourth-order valence-electron chi connectivity index (χ4n) is 3.00. The number of sulfonamides is 1. The van der Waals surface area contributed by atoms with E-state index in [4.69, 9.17) is 4.74 Å². The van der Waals surface area contributed by atoms with Gasteiger partial charge in [-0.25, -0.2) is 22.2 Å². The van der Waals surface area contributed by atoms with Gasteiger partial charge < -0.3 is 9.72 Å². The zero-order valence-corrected chi connectivity index (χ0v) is 16.7. The van der Waals surface area contributed by atoms with E-state index in [1.54, 1.807) is 6.92 Å². The number of carbonyl (C=O) groups is 1. The van der Waals surface area contributed by atoms with Crippen LogP contribution in [0.1, 0.15) is 34.8 Å². The van der Waals surface area contributed by atoms with Crippen molar-refractivity contribution in [1.29, 1.82) is 5.26 Å². The van der Waals surface area contributed by atoms with Crippen LogP contribution < -0.4 is 9.46 Å². The number of hydrogen-bond acceptors (Lipinski definition) is 6. The van der Waals surface area contributed by atoms with Gasteiger partial charge in [0.25, 0.3) is 0 Å². The number of halogens is 2. The maximum Gasteiger partial charge on any atom is 0.232 e. The molecule has 156 valence electrons. The van der Waals surface area contributed by atoms with Gasteiger partial charge in [0.1, 0.15) is 28.8 Å². The van der Waals surface area contributed by atoms with E-state index in [1.165, 1.54) is 19.5 Å². The van der Waals surface area contributed by atoms with Gasteiger partial charge in [-0.15, -0.1) is 0 Å². The molecule has 0 spiro atoms. The Labute approximate surface area is 170 Å². The number of H-pyrrole nitrogens is 1. The Kier molecular flexibility index (Phi) is 5.71. The molecular weight excluding hydrogens is 418 g/mol. The van der Waals surface area contributed by atoms with Crippen molar-refractivity contribution >= 4 is 32.5 Å². The van der Waals surface area contributed by atoms with Crippen molar-refractivity contribution in [1.82, 2.24) is 9.97 Å². The first-order valence-corrected chi connectivity index (χ1v) is 10.4. The summed E-state index contributed by atoms with van der Waals surface area (Å²) in [6.07, 6.45) is 2.71. The van der Waals surface area contributed by atoms with Crippen molar-refractivity contribution in [3.63, 3.8) is 0 Å². The van der Waals surface area contributed by atoms with E-state index in [-0.39, 0.29) is 40.1 Å². The average molecular weight is 434 g/mol. The highest BCUT2D eigenvalue weighted by Gasteiger charge is 2.27. The summed E-state index contributed by atoms with van der Waals surface area (Å²) in [7, 11) is -2.59. The van der Waals surface area contributed by atoms with E-state index in [9.17, 15) is 27.3 Å². The number of aromatic amines is 1. The lowest BCUT2D eigenvalue weighted by Crippen LogP contribution is -2.18. The Balaban J connectivity index is 2.17. The predicted octanol–water partition coefficient (Wildman–Crippen LogP) is 3.10. The second kappa shape index (κ2) is 8.08. The largest absolute Gasteiger partial charge is 0.495 e. The Morgan fingerprint density at radius 1 is 1.37 bits per heavy atom. The molecule has 0 fully saturated rings. The Hall–Kier alpha value is -3.52. The van der Waals surface area contributed by atoms with Crippen LogP contribution >= 0.6 is 0 Å². The molecule has 1 aromatic carbocycles. The lowest BCUT2D eigenvalue weighted by atomic mass is 10.0. The number of nitrogens with one attached hydrogen (secondary N) is 2. The number of fused-ring (bicyclic) bond motifs is 1. The molecule has 8 nitrogen and oxygen atoms in total. The summed E-state index contributed by atoms with van der Waals surface area (Å²) in [5.74, 6) is -3.84. The highest BCUT2D eigenvalue weighted by Crippen LogP contribution is 2.33. The van der Waals surface area contributed by atoms with E-state index < -0.39 is 38.7 Å². The third kappa shape index (κ3) is 3.69. The number of hydrogen-bond donors (Lipinski definition) is 2. The first-order chi connectivity index (χ1) is 14.2. The minimum atomic E-state index is -3.87. The van der Waals surface area contributed by atoms with Crippen LogP contribution in [0.5, 0.6) is 5.75 Å². The number of rotatable bonds is 7. The molecule has 0 bridgehead atoms. The standard InChI is InChI=1S/C19H16F2N4O4S/c1-3-6-30(27,28)25-13-5-4-12(20)15(16(13)21)17(26)11-9-24-19-14(11)18(29-2)10(7-22)8-23-19/h4-5,8-9,25H,3,6H2,1-2H3,(H,23,24). The SMILES string of the molecule is CCCS(=O)(=O)Nc1ccc(F)c(C(=O)c2c[nH]c3ncc(C#N)c(OC)c23)c1F. The second-order valence-electron chi connectivity index (χ2n) is 6.28. The molecule has 2 heterocycles. The number of benzene rings is 1. The van der Waals surface area contributed by atoms with Gasteiger partial charge in [-0.3, -0.25) is 9.52 Å². The summed E-state index contributed by atoms with van der Waals surface area (Å²) in [6, 6.07) is 3.57. The van der Waals surface area contributed by atoms with Crippen molar-refractivity contribution in [2.24, 2.45) is 0 Å². The fourth-order valence-corrected chi connectivity index (χ4v) is 4.13.